The molecule has 0 spiro atoms. The molecular weight excluding hydrogens is 232 g/mol. The number of nitrogens with zero attached hydrogens (tertiary/aromatic N) is 2. The zero-order chi connectivity index (χ0) is 12.9. The van der Waals surface area contributed by atoms with Gasteiger partial charge >= 0.3 is 0 Å². The van der Waals surface area contributed by atoms with Crippen molar-refractivity contribution in [2.24, 2.45) is 5.92 Å². The Hall–Kier alpha value is -1.57. The molecule has 1 saturated carbocycles. The van der Waals surface area contributed by atoms with Gasteiger partial charge in [-0.1, -0.05) is 49.6 Å². The van der Waals surface area contributed by atoms with Crippen LogP contribution in [0, 0.1) is 5.92 Å². The Morgan fingerprint density at radius 2 is 1.89 bits per heavy atom. The Labute approximate surface area is 115 Å². The van der Waals surface area contributed by atoms with Crippen LogP contribution in [0.25, 0.3) is 0 Å². The molecule has 2 nitrogen and oxygen atoms in total. The average Bonchev–Trinajstić information content (AvgIpc) is 3.00. The van der Waals surface area contributed by atoms with Crippen molar-refractivity contribution in [2.75, 3.05) is 0 Å². The molecule has 0 N–H and O–H groups in total. The number of aromatic nitrogens is 2. The molecule has 3 rings (SSSR count). The lowest BCUT2D eigenvalue weighted by atomic mass is 9.77. The number of imidazole rings is 1. The van der Waals surface area contributed by atoms with Gasteiger partial charge in [0.1, 0.15) is 0 Å². The number of rotatable bonds is 4. The predicted molar refractivity (Wildman–Crippen MR) is 78.0 cm³/mol. The largest absolute Gasteiger partial charge is 0.337 e. The lowest BCUT2D eigenvalue weighted by Gasteiger charge is -2.31. The van der Waals surface area contributed by atoms with Crippen LogP contribution in [-0.4, -0.2) is 9.55 Å². The van der Waals surface area contributed by atoms with E-state index in [1.165, 1.54) is 37.7 Å². The van der Waals surface area contributed by atoms with E-state index >= 15 is 0 Å². The van der Waals surface area contributed by atoms with Gasteiger partial charge in [-0.2, -0.15) is 0 Å². The van der Waals surface area contributed by atoms with Crippen LogP contribution >= 0.6 is 0 Å². The summed E-state index contributed by atoms with van der Waals surface area (Å²) in [6.45, 7) is 1.06. The second-order valence-electron chi connectivity index (χ2n) is 5.67. The van der Waals surface area contributed by atoms with Crippen LogP contribution in [-0.2, 0) is 6.54 Å². The van der Waals surface area contributed by atoms with Gasteiger partial charge in [0.2, 0.25) is 0 Å². The van der Waals surface area contributed by atoms with Crippen molar-refractivity contribution in [1.29, 1.82) is 0 Å². The second kappa shape index (κ2) is 6.05. The topological polar surface area (TPSA) is 17.8 Å². The van der Waals surface area contributed by atoms with Gasteiger partial charge in [-0.25, -0.2) is 4.98 Å². The summed E-state index contributed by atoms with van der Waals surface area (Å²) < 4.78 is 2.23. The highest BCUT2D eigenvalue weighted by atomic mass is 15.0. The quantitative estimate of drug-likeness (QED) is 0.797. The van der Waals surface area contributed by atoms with Gasteiger partial charge in [0.25, 0.3) is 0 Å². The van der Waals surface area contributed by atoms with Crippen molar-refractivity contribution < 1.29 is 0 Å². The minimum Gasteiger partial charge on any atom is -0.337 e. The third-order valence-electron chi connectivity index (χ3n) is 4.41. The van der Waals surface area contributed by atoms with E-state index in [0.29, 0.717) is 5.92 Å². The smallest absolute Gasteiger partial charge is 0.0946 e. The molecule has 19 heavy (non-hydrogen) atoms. The van der Waals surface area contributed by atoms with E-state index in [9.17, 15) is 0 Å². The lowest BCUT2D eigenvalue weighted by molar-refractivity contribution is 0.284. The highest BCUT2D eigenvalue weighted by Crippen LogP contribution is 2.37. The molecule has 100 valence electrons. The first kappa shape index (κ1) is 12.5. The normalized spacial score (nSPS) is 18.3. The summed E-state index contributed by atoms with van der Waals surface area (Å²) in [5, 5.41) is 0. The third kappa shape index (κ3) is 3.06. The molecule has 1 fully saturated rings. The summed E-state index contributed by atoms with van der Waals surface area (Å²) in [5.41, 5.74) is 1.49. The molecule has 0 radical (unpaired) electrons. The standard InChI is InChI=1S/C17H22N2/c1-3-7-15(8-4-1)17(13-19-12-11-18-14-19)16-9-5-2-6-10-16/h1,3-4,7-8,11-12,14,16-17H,2,5-6,9-10,13H2. The van der Waals surface area contributed by atoms with E-state index in [2.05, 4.69) is 46.1 Å². The van der Waals surface area contributed by atoms with Crippen LogP contribution in [0.2, 0.25) is 0 Å². The van der Waals surface area contributed by atoms with Gasteiger partial charge in [0.05, 0.1) is 6.33 Å². The van der Waals surface area contributed by atoms with Crippen LogP contribution in [0.3, 0.4) is 0 Å². The maximum absolute atomic E-state index is 4.18. The van der Waals surface area contributed by atoms with Crippen molar-refractivity contribution in [3.05, 3.63) is 54.6 Å². The third-order valence-corrected chi connectivity index (χ3v) is 4.41. The molecule has 1 unspecified atom stereocenters. The van der Waals surface area contributed by atoms with E-state index in [-0.39, 0.29) is 0 Å². The van der Waals surface area contributed by atoms with Crippen LogP contribution < -0.4 is 0 Å². The van der Waals surface area contributed by atoms with E-state index in [4.69, 9.17) is 0 Å². The SMILES string of the molecule is c1ccc(C(Cn2ccnc2)C2CCCCC2)cc1. The number of hydrogen-bond acceptors (Lipinski definition) is 1. The first-order chi connectivity index (χ1) is 9.43. The second-order valence-corrected chi connectivity index (χ2v) is 5.67. The number of hydrogen-bond donors (Lipinski definition) is 0. The van der Waals surface area contributed by atoms with Gasteiger partial charge < -0.3 is 4.57 Å². The van der Waals surface area contributed by atoms with Gasteiger partial charge in [-0.15, -0.1) is 0 Å². The fraction of sp³-hybridized carbons (Fsp3) is 0.471. The van der Waals surface area contributed by atoms with Crippen molar-refractivity contribution in [3.63, 3.8) is 0 Å². The minimum atomic E-state index is 0.635. The summed E-state index contributed by atoms with van der Waals surface area (Å²) in [6, 6.07) is 11.0. The first-order valence-corrected chi connectivity index (χ1v) is 7.44. The molecule has 0 amide bonds. The van der Waals surface area contributed by atoms with Crippen LogP contribution in [0.4, 0.5) is 0 Å². The van der Waals surface area contributed by atoms with E-state index in [1.807, 2.05) is 12.5 Å². The van der Waals surface area contributed by atoms with Gasteiger partial charge in [-0.05, 0) is 24.3 Å². The van der Waals surface area contributed by atoms with Crippen LogP contribution in [0.15, 0.2) is 49.1 Å². The molecule has 1 aromatic carbocycles. The fourth-order valence-electron chi connectivity index (χ4n) is 3.39. The molecule has 1 aromatic heterocycles. The fourth-order valence-corrected chi connectivity index (χ4v) is 3.39. The molecule has 1 atom stereocenters. The van der Waals surface area contributed by atoms with Crippen molar-refractivity contribution in [2.45, 2.75) is 44.6 Å². The molecule has 1 aliphatic carbocycles. The molecule has 0 aliphatic heterocycles. The zero-order valence-corrected chi connectivity index (χ0v) is 11.4. The van der Waals surface area contributed by atoms with Gasteiger partial charge in [0, 0.05) is 24.9 Å². The summed E-state index contributed by atoms with van der Waals surface area (Å²) >= 11 is 0. The maximum atomic E-state index is 4.18. The van der Waals surface area contributed by atoms with Crippen LogP contribution in [0.5, 0.6) is 0 Å². The summed E-state index contributed by atoms with van der Waals surface area (Å²) in [6.07, 6.45) is 12.9. The lowest BCUT2D eigenvalue weighted by Crippen LogP contribution is -2.20. The highest BCUT2D eigenvalue weighted by Gasteiger charge is 2.25. The van der Waals surface area contributed by atoms with Crippen molar-refractivity contribution >= 4 is 0 Å². The van der Waals surface area contributed by atoms with Gasteiger partial charge in [0.15, 0.2) is 0 Å². The zero-order valence-electron chi connectivity index (χ0n) is 11.4. The van der Waals surface area contributed by atoms with Crippen LogP contribution in [0.1, 0.15) is 43.6 Å². The average molecular weight is 254 g/mol. The summed E-state index contributed by atoms with van der Waals surface area (Å²) in [5.74, 6) is 1.47. The van der Waals surface area contributed by atoms with Crippen molar-refractivity contribution in [1.82, 2.24) is 9.55 Å². The van der Waals surface area contributed by atoms with Crippen molar-refractivity contribution in [3.8, 4) is 0 Å². The van der Waals surface area contributed by atoms with E-state index in [1.54, 1.807) is 0 Å². The Balaban J connectivity index is 1.82. The molecule has 1 heterocycles. The Morgan fingerprint density at radius 1 is 1.11 bits per heavy atom. The van der Waals surface area contributed by atoms with E-state index < -0.39 is 0 Å². The Kier molecular flexibility index (Phi) is 3.97. The molecule has 2 aromatic rings. The van der Waals surface area contributed by atoms with E-state index in [0.717, 1.165) is 12.5 Å². The van der Waals surface area contributed by atoms with Gasteiger partial charge in [-0.3, -0.25) is 0 Å². The molecule has 0 saturated heterocycles. The molecular formula is C17H22N2. The number of benzene rings is 1. The molecule has 0 bridgehead atoms. The first-order valence-electron chi connectivity index (χ1n) is 7.44. The Bertz CT molecular complexity index is 469. The summed E-state index contributed by atoms with van der Waals surface area (Å²) in [4.78, 5) is 4.18. The monoisotopic (exact) mass is 254 g/mol. The predicted octanol–water partition coefficient (Wildman–Crippen LogP) is 4.25. The Morgan fingerprint density at radius 3 is 2.58 bits per heavy atom. The highest BCUT2D eigenvalue weighted by molar-refractivity contribution is 5.20. The molecule has 2 heteroatoms. The summed E-state index contributed by atoms with van der Waals surface area (Å²) in [7, 11) is 0. The molecule has 1 aliphatic rings. The minimum absolute atomic E-state index is 0.635. The maximum Gasteiger partial charge on any atom is 0.0946 e.